The number of carbonyl (C=O) groups excluding carboxylic acids is 2. The van der Waals surface area contributed by atoms with Gasteiger partial charge in [-0.15, -0.1) is 0 Å². The number of benzene rings is 1. The number of fused-ring (bicyclic) bond motifs is 1. The van der Waals surface area contributed by atoms with Crippen LogP contribution >= 0.6 is 15.9 Å². The van der Waals surface area contributed by atoms with Crippen LogP contribution in [0.25, 0.3) is 5.69 Å². The number of nitro groups is 1. The van der Waals surface area contributed by atoms with Crippen LogP contribution in [-0.2, 0) is 0 Å². The summed E-state index contributed by atoms with van der Waals surface area (Å²) >= 11 is 3.00. The zero-order valence-corrected chi connectivity index (χ0v) is 14.1. The highest BCUT2D eigenvalue weighted by atomic mass is 79.9. The van der Waals surface area contributed by atoms with Crippen molar-refractivity contribution in [3.05, 3.63) is 59.8 Å². The van der Waals surface area contributed by atoms with Crippen molar-refractivity contribution < 1.29 is 24.4 Å². The van der Waals surface area contributed by atoms with Crippen LogP contribution in [0, 0.1) is 10.1 Å². The normalized spacial score (nSPS) is 12.7. The predicted octanol–water partition coefficient (Wildman–Crippen LogP) is 0.672. The van der Waals surface area contributed by atoms with Crippen LogP contribution in [0.3, 0.4) is 0 Å². The first kappa shape index (κ1) is 17.3. The number of carboxylic acid groups (broad SMARTS) is 1. The molecule has 11 nitrogen and oxygen atoms in total. The van der Waals surface area contributed by atoms with Crippen molar-refractivity contribution in [2.75, 3.05) is 5.73 Å². The highest BCUT2D eigenvalue weighted by Gasteiger charge is 2.34. The minimum atomic E-state index is -1.42. The molecule has 0 bridgehead atoms. The minimum Gasteiger partial charge on any atom is -0.478 e. The van der Waals surface area contributed by atoms with E-state index < -0.39 is 45.3 Å². The Morgan fingerprint density at radius 3 is 2.46 bits per heavy atom. The number of carboxylic acids is 1. The number of imide groups is 1. The van der Waals surface area contributed by atoms with Crippen molar-refractivity contribution in [3.63, 3.8) is 0 Å². The summed E-state index contributed by atoms with van der Waals surface area (Å²) in [6, 6.07) is 2.63. The summed E-state index contributed by atoms with van der Waals surface area (Å²) in [5, 5.41) is 22.4. The molecule has 3 rings (SSSR count). The van der Waals surface area contributed by atoms with Gasteiger partial charge in [-0.1, -0.05) is 0 Å². The highest BCUT2D eigenvalue weighted by molar-refractivity contribution is 9.10. The summed E-state index contributed by atoms with van der Waals surface area (Å²) in [7, 11) is 0. The number of pyridine rings is 1. The SMILES string of the molecule is Nc1c2c(cc(=O)n1-c1c(Br)cc(C(=O)O)cc1[N+](=O)[O-])C(=O)NC2=O. The van der Waals surface area contributed by atoms with Gasteiger partial charge in [-0.2, -0.15) is 0 Å². The molecule has 1 aliphatic heterocycles. The van der Waals surface area contributed by atoms with Gasteiger partial charge in [-0.3, -0.25) is 34.4 Å². The monoisotopic (exact) mass is 422 g/mol. The van der Waals surface area contributed by atoms with Gasteiger partial charge in [0.1, 0.15) is 11.5 Å². The Hall–Kier alpha value is -3.54. The molecule has 2 amide bonds. The fourth-order valence-corrected chi connectivity index (χ4v) is 3.21. The van der Waals surface area contributed by atoms with Crippen molar-refractivity contribution in [2.45, 2.75) is 0 Å². The number of nitrogens with zero attached hydrogens (tertiary/aromatic N) is 2. The molecular weight excluding hydrogens is 416 g/mol. The lowest BCUT2D eigenvalue weighted by molar-refractivity contribution is -0.384. The fraction of sp³-hybridized carbons (Fsp3) is 0. The number of halogens is 1. The molecule has 132 valence electrons. The standard InChI is InChI=1S/C14H7BrN4O7/c15-6-1-4(14(23)24)2-7(19(25)26)10(6)18-8(20)3-5-9(11(18)16)13(22)17-12(5)21/h1-3H,16H2,(H,23,24)(H,17,21,22). The van der Waals surface area contributed by atoms with E-state index in [1.54, 1.807) is 0 Å². The third-order valence-corrected chi connectivity index (χ3v) is 4.27. The molecule has 0 fully saturated rings. The van der Waals surface area contributed by atoms with Gasteiger partial charge in [-0.25, -0.2) is 4.79 Å². The number of amides is 2. The molecular formula is C14H7BrN4O7. The molecule has 0 aliphatic carbocycles. The summed E-state index contributed by atoms with van der Waals surface area (Å²) in [4.78, 5) is 57.6. The number of nitro benzene ring substituents is 1. The van der Waals surface area contributed by atoms with Crippen LogP contribution in [0.4, 0.5) is 11.5 Å². The van der Waals surface area contributed by atoms with Gasteiger partial charge >= 0.3 is 5.97 Å². The van der Waals surface area contributed by atoms with E-state index in [0.717, 1.165) is 18.2 Å². The Morgan fingerprint density at radius 2 is 1.88 bits per heavy atom. The van der Waals surface area contributed by atoms with Crippen LogP contribution in [0.15, 0.2) is 27.5 Å². The Bertz CT molecular complexity index is 1110. The van der Waals surface area contributed by atoms with Gasteiger partial charge in [0.25, 0.3) is 23.1 Å². The van der Waals surface area contributed by atoms with Crippen LogP contribution in [-0.4, -0.2) is 32.4 Å². The van der Waals surface area contributed by atoms with E-state index in [4.69, 9.17) is 10.8 Å². The van der Waals surface area contributed by atoms with Crippen LogP contribution in [0.1, 0.15) is 31.1 Å². The molecule has 0 unspecified atom stereocenters. The molecule has 4 N–H and O–H groups in total. The predicted molar refractivity (Wildman–Crippen MR) is 89.6 cm³/mol. The molecule has 1 aromatic carbocycles. The Labute approximate surface area is 151 Å². The number of nitrogens with two attached hydrogens (primary N) is 1. The summed E-state index contributed by atoms with van der Waals surface area (Å²) in [6.45, 7) is 0. The van der Waals surface area contributed by atoms with Gasteiger partial charge in [-0.05, 0) is 22.0 Å². The van der Waals surface area contributed by atoms with E-state index in [9.17, 15) is 29.3 Å². The molecule has 0 spiro atoms. The number of nitrogens with one attached hydrogen (secondary N) is 1. The minimum absolute atomic E-state index is 0.109. The number of anilines is 1. The topological polar surface area (TPSA) is 175 Å². The van der Waals surface area contributed by atoms with E-state index in [-0.39, 0.29) is 21.3 Å². The van der Waals surface area contributed by atoms with Crippen molar-refractivity contribution in [2.24, 2.45) is 0 Å². The molecule has 12 heteroatoms. The maximum Gasteiger partial charge on any atom is 0.335 e. The maximum atomic E-state index is 12.4. The smallest absolute Gasteiger partial charge is 0.335 e. The summed E-state index contributed by atoms with van der Waals surface area (Å²) in [5.41, 5.74) is 2.92. The van der Waals surface area contributed by atoms with Crippen molar-refractivity contribution in [3.8, 4) is 5.69 Å². The fourth-order valence-electron chi connectivity index (χ4n) is 2.58. The number of rotatable bonds is 3. The lowest BCUT2D eigenvalue weighted by Gasteiger charge is -2.14. The molecule has 2 heterocycles. The highest BCUT2D eigenvalue weighted by Crippen LogP contribution is 2.34. The third kappa shape index (κ3) is 2.43. The number of hydrogen-bond acceptors (Lipinski definition) is 7. The van der Waals surface area contributed by atoms with Crippen molar-refractivity contribution >= 4 is 45.2 Å². The average Bonchev–Trinajstić information content (AvgIpc) is 2.82. The average molecular weight is 423 g/mol. The van der Waals surface area contributed by atoms with Crippen molar-refractivity contribution in [1.82, 2.24) is 9.88 Å². The molecule has 2 aromatic rings. The largest absolute Gasteiger partial charge is 0.478 e. The van der Waals surface area contributed by atoms with E-state index >= 15 is 0 Å². The Kier molecular flexibility index (Phi) is 3.84. The molecule has 0 saturated carbocycles. The number of aromatic nitrogens is 1. The summed E-state index contributed by atoms with van der Waals surface area (Å²) in [6.07, 6.45) is 0. The van der Waals surface area contributed by atoms with E-state index in [0.29, 0.717) is 4.57 Å². The van der Waals surface area contributed by atoms with E-state index in [2.05, 4.69) is 15.9 Å². The summed E-state index contributed by atoms with van der Waals surface area (Å²) < 4.78 is 0.563. The lowest BCUT2D eigenvalue weighted by atomic mass is 10.1. The maximum absolute atomic E-state index is 12.4. The first-order valence-electron chi connectivity index (χ1n) is 6.76. The first-order valence-corrected chi connectivity index (χ1v) is 7.55. The second-order valence-corrected chi connectivity index (χ2v) is 6.02. The van der Waals surface area contributed by atoms with Crippen LogP contribution < -0.4 is 16.6 Å². The summed E-state index contributed by atoms with van der Waals surface area (Å²) in [5.74, 6) is -3.56. The zero-order chi connectivity index (χ0) is 19.3. The molecule has 26 heavy (non-hydrogen) atoms. The molecule has 0 atom stereocenters. The van der Waals surface area contributed by atoms with Gasteiger partial charge in [0.05, 0.1) is 21.6 Å². The molecule has 1 aromatic heterocycles. The van der Waals surface area contributed by atoms with Gasteiger partial charge in [0, 0.05) is 16.6 Å². The van der Waals surface area contributed by atoms with Crippen LogP contribution in [0.5, 0.6) is 0 Å². The van der Waals surface area contributed by atoms with Crippen molar-refractivity contribution in [1.29, 1.82) is 0 Å². The Balaban J connectivity index is 2.43. The van der Waals surface area contributed by atoms with Crippen LogP contribution in [0.2, 0.25) is 0 Å². The molecule has 1 aliphatic rings. The second-order valence-electron chi connectivity index (χ2n) is 5.16. The van der Waals surface area contributed by atoms with Gasteiger partial charge in [0.2, 0.25) is 0 Å². The number of hydrogen-bond donors (Lipinski definition) is 3. The lowest BCUT2D eigenvalue weighted by Crippen LogP contribution is -2.25. The third-order valence-electron chi connectivity index (χ3n) is 3.66. The van der Waals surface area contributed by atoms with Gasteiger partial charge < -0.3 is 10.8 Å². The molecule has 0 radical (unpaired) electrons. The van der Waals surface area contributed by atoms with E-state index in [1.807, 2.05) is 5.32 Å². The zero-order valence-electron chi connectivity index (χ0n) is 12.5. The number of aromatic carboxylic acids is 1. The second kappa shape index (κ2) is 5.77. The first-order chi connectivity index (χ1) is 12.1. The van der Waals surface area contributed by atoms with E-state index in [1.165, 1.54) is 0 Å². The Morgan fingerprint density at radius 1 is 1.23 bits per heavy atom. The number of carbonyl (C=O) groups is 3. The quantitative estimate of drug-likeness (QED) is 0.367. The molecule has 0 saturated heterocycles. The van der Waals surface area contributed by atoms with Gasteiger partial charge in [0.15, 0.2) is 0 Å². The number of nitrogen functional groups attached to an aromatic ring is 1.